The van der Waals surface area contributed by atoms with Gasteiger partial charge in [-0.05, 0) is 36.1 Å². The molecule has 1 saturated heterocycles. The summed E-state index contributed by atoms with van der Waals surface area (Å²) in [6, 6.07) is 16.1. The Morgan fingerprint density at radius 3 is 2.24 bits per heavy atom. The van der Waals surface area contributed by atoms with E-state index >= 15 is 0 Å². The fourth-order valence-corrected chi connectivity index (χ4v) is 4.58. The maximum Gasteiger partial charge on any atom is 0.408 e. The van der Waals surface area contributed by atoms with Crippen molar-refractivity contribution in [2.75, 3.05) is 19.8 Å². The van der Waals surface area contributed by atoms with Gasteiger partial charge < -0.3 is 25.2 Å². The molecule has 0 spiro atoms. The average molecular weight is 453 g/mol. The molecule has 8 heteroatoms. The van der Waals surface area contributed by atoms with Gasteiger partial charge >= 0.3 is 12.1 Å². The molecule has 1 fully saturated rings. The molecule has 1 unspecified atom stereocenters. The minimum absolute atomic E-state index is 0.00776. The van der Waals surface area contributed by atoms with E-state index in [2.05, 4.69) is 22.8 Å². The number of fused-ring (bicyclic) bond motifs is 3. The lowest BCUT2D eigenvalue weighted by Gasteiger charge is -2.32. The highest BCUT2D eigenvalue weighted by molar-refractivity contribution is 5.91. The van der Waals surface area contributed by atoms with E-state index in [9.17, 15) is 14.4 Å². The van der Waals surface area contributed by atoms with Crippen molar-refractivity contribution in [2.45, 2.75) is 43.7 Å². The van der Waals surface area contributed by atoms with Gasteiger partial charge in [-0.3, -0.25) is 9.59 Å². The lowest BCUT2D eigenvalue weighted by molar-refractivity contribution is -0.139. The second kappa shape index (κ2) is 8.86. The Morgan fingerprint density at radius 1 is 1.09 bits per heavy atom. The third-order valence-corrected chi connectivity index (χ3v) is 6.19. The molecular formula is C25H28N2O6. The topological polar surface area (TPSA) is 114 Å². The first-order valence-electron chi connectivity index (χ1n) is 11.0. The van der Waals surface area contributed by atoms with Gasteiger partial charge in [0.25, 0.3) is 0 Å². The first-order valence-corrected chi connectivity index (χ1v) is 11.0. The van der Waals surface area contributed by atoms with Crippen molar-refractivity contribution in [3.8, 4) is 11.1 Å². The predicted molar refractivity (Wildman–Crippen MR) is 121 cm³/mol. The van der Waals surface area contributed by atoms with Crippen molar-refractivity contribution in [3.63, 3.8) is 0 Å². The standard InChI is InChI=1S/C25H28N2O6/c1-24(2,13-21(28)29)26-22(30)25(11-12-32-15-25)27-23(31)33-14-20-18-9-5-3-7-16(18)17-8-4-6-10-19(17)20/h3-10,20H,11-15H2,1-2H3,(H,26,30)(H,27,31)(H,28,29). The highest BCUT2D eigenvalue weighted by Crippen LogP contribution is 2.44. The van der Waals surface area contributed by atoms with Crippen molar-refractivity contribution < 1.29 is 29.0 Å². The van der Waals surface area contributed by atoms with Crippen LogP contribution in [-0.4, -0.2) is 54.0 Å². The fourth-order valence-electron chi connectivity index (χ4n) is 4.58. The van der Waals surface area contributed by atoms with Gasteiger partial charge in [-0.1, -0.05) is 48.5 Å². The molecule has 1 atom stereocenters. The first kappa shape index (κ1) is 22.8. The molecule has 2 aliphatic rings. The van der Waals surface area contributed by atoms with E-state index in [-0.39, 0.29) is 32.0 Å². The Bertz CT molecular complexity index is 1030. The quantitative estimate of drug-likeness (QED) is 0.595. The number of nitrogens with one attached hydrogen (secondary N) is 2. The summed E-state index contributed by atoms with van der Waals surface area (Å²) in [4.78, 5) is 36.9. The summed E-state index contributed by atoms with van der Waals surface area (Å²) in [7, 11) is 0. The Hall–Kier alpha value is -3.39. The van der Waals surface area contributed by atoms with Crippen LogP contribution in [0.25, 0.3) is 11.1 Å². The summed E-state index contributed by atoms with van der Waals surface area (Å²) < 4.78 is 11.0. The average Bonchev–Trinajstić information content (AvgIpc) is 3.35. The molecule has 2 aromatic rings. The smallest absolute Gasteiger partial charge is 0.408 e. The lowest BCUT2D eigenvalue weighted by atomic mass is 9.93. The Kier molecular flexibility index (Phi) is 6.12. The van der Waals surface area contributed by atoms with Gasteiger partial charge in [-0.25, -0.2) is 4.79 Å². The molecule has 0 saturated carbocycles. The van der Waals surface area contributed by atoms with Crippen molar-refractivity contribution in [1.82, 2.24) is 10.6 Å². The van der Waals surface area contributed by atoms with Gasteiger partial charge in [-0.2, -0.15) is 0 Å². The number of hydrogen-bond acceptors (Lipinski definition) is 5. The molecule has 1 aliphatic carbocycles. The van der Waals surface area contributed by atoms with Crippen LogP contribution >= 0.6 is 0 Å². The minimum Gasteiger partial charge on any atom is -0.481 e. The van der Waals surface area contributed by atoms with Gasteiger partial charge in [0, 0.05) is 24.5 Å². The molecule has 33 heavy (non-hydrogen) atoms. The summed E-state index contributed by atoms with van der Waals surface area (Å²) in [5.74, 6) is -1.61. The largest absolute Gasteiger partial charge is 0.481 e. The van der Waals surface area contributed by atoms with Gasteiger partial charge in [0.2, 0.25) is 5.91 Å². The van der Waals surface area contributed by atoms with Crippen molar-refractivity contribution >= 4 is 18.0 Å². The van der Waals surface area contributed by atoms with Crippen molar-refractivity contribution in [2.24, 2.45) is 0 Å². The number of alkyl carbamates (subject to hydrolysis) is 1. The van der Waals surface area contributed by atoms with Crippen molar-refractivity contribution in [1.29, 1.82) is 0 Å². The molecule has 2 amide bonds. The zero-order valence-corrected chi connectivity index (χ0v) is 18.7. The van der Waals surface area contributed by atoms with Crippen LogP contribution < -0.4 is 10.6 Å². The van der Waals surface area contributed by atoms with E-state index in [4.69, 9.17) is 14.6 Å². The van der Waals surface area contributed by atoms with Crippen LogP contribution in [-0.2, 0) is 19.1 Å². The normalized spacial score (nSPS) is 19.5. The molecule has 0 bridgehead atoms. The Labute approximate surface area is 192 Å². The van der Waals surface area contributed by atoms with E-state index in [1.54, 1.807) is 13.8 Å². The van der Waals surface area contributed by atoms with Gasteiger partial charge in [0.05, 0.1) is 13.0 Å². The number of benzene rings is 2. The van der Waals surface area contributed by atoms with Crippen LogP contribution in [0.3, 0.4) is 0 Å². The molecule has 174 valence electrons. The van der Waals surface area contributed by atoms with Crippen LogP contribution in [0, 0.1) is 0 Å². The van der Waals surface area contributed by atoms with E-state index in [0.29, 0.717) is 6.61 Å². The number of hydrogen-bond donors (Lipinski definition) is 3. The lowest BCUT2D eigenvalue weighted by Crippen LogP contribution is -2.63. The number of carbonyl (C=O) groups excluding carboxylic acids is 2. The zero-order valence-electron chi connectivity index (χ0n) is 18.7. The molecular weight excluding hydrogens is 424 g/mol. The van der Waals surface area contributed by atoms with Crippen molar-refractivity contribution in [3.05, 3.63) is 59.7 Å². The summed E-state index contributed by atoms with van der Waals surface area (Å²) in [5, 5.41) is 14.5. The van der Waals surface area contributed by atoms with Gasteiger partial charge in [0.15, 0.2) is 0 Å². The second-order valence-electron chi connectivity index (χ2n) is 9.24. The van der Waals surface area contributed by atoms with Crippen LogP contribution in [0.5, 0.6) is 0 Å². The van der Waals surface area contributed by atoms with E-state index < -0.39 is 29.0 Å². The highest BCUT2D eigenvalue weighted by atomic mass is 16.6. The molecule has 8 nitrogen and oxygen atoms in total. The molecule has 2 aromatic carbocycles. The fraction of sp³-hybridized carbons (Fsp3) is 0.400. The monoisotopic (exact) mass is 452 g/mol. The number of ether oxygens (including phenoxy) is 2. The Balaban J connectivity index is 1.44. The van der Waals surface area contributed by atoms with E-state index in [1.165, 1.54) is 0 Å². The predicted octanol–water partition coefficient (Wildman–Crippen LogP) is 3.05. The number of amides is 2. The SMILES string of the molecule is CC(C)(CC(=O)O)NC(=O)C1(NC(=O)OCC2c3ccccc3-c3ccccc32)CCOC1. The number of carboxylic acids is 1. The maximum atomic E-state index is 13.0. The highest BCUT2D eigenvalue weighted by Gasteiger charge is 2.46. The maximum absolute atomic E-state index is 13.0. The molecule has 1 aliphatic heterocycles. The summed E-state index contributed by atoms with van der Waals surface area (Å²) in [5.41, 5.74) is 2.16. The number of aliphatic carboxylic acids is 1. The molecule has 0 radical (unpaired) electrons. The van der Waals surface area contributed by atoms with Crippen LogP contribution in [0.2, 0.25) is 0 Å². The molecule has 0 aromatic heterocycles. The van der Waals surface area contributed by atoms with Crippen LogP contribution in [0.15, 0.2) is 48.5 Å². The third-order valence-electron chi connectivity index (χ3n) is 6.19. The number of carboxylic acid groups (broad SMARTS) is 1. The van der Waals surface area contributed by atoms with E-state index in [0.717, 1.165) is 22.3 Å². The summed E-state index contributed by atoms with van der Waals surface area (Å²) in [6.07, 6.45) is -0.694. The van der Waals surface area contributed by atoms with Gasteiger partial charge in [-0.15, -0.1) is 0 Å². The first-order chi connectivity index (χ1) is 15.7. The molecule has 1 heterocycles. The molecule has 3 N–H and O–H groups in total. The number of carbonyl (C=O) groups is 3. The van der Waals surface area contributed by atoms with E-state index in [1.807, 2.05) is 36.4 Å². The second-order valence-corrected chi connectivity index (χ2v) is 9.24. The van der Waals surface area contributed by atoms with Gasteiger partial charge in [0.1, 0.15) is 12.1 Å². The zero-order chi connectivity index (χ0) is 23.6. The minimum atomic E-state index is -1.31. The number of rotatable bonds is 7. The van der Waals surface area contributed by atoms with Crippen LogP contribution in [0.1, 0.15) is 43.7 Å². The Morgan fingerprint density at radius 2 is 1.70 bits per heavy atom. The third kappa shape index (κ3) is 4.71. The molecule has 4 rings (SSSR count). The summed E-state index contributed by atoms with van der Waals surface area (Å²) >= 11 is 0. The summed E-state index contributed by atoms with van der Waals surface area (Å²) in [6.45, 7) is 3.66. The van der Waals surface area contributed by atoms with Crippen LogP contribution in [0.4, 0.5) is 4.79 Å².